The van der Waals surface area contributed by atoms with Gasteiger partial charge in [-0.1, -0.05) is 5.57 Å². The number of hydrogen-bond donors (Lipinski definition) is 1. The van der Waals surface area contributed by atoms with Crippen LogP contribution in [0.2, 0.25) is 0 Å². The molecular formula is C12H21F2N. The van der Waals surface area contributed by atoms with Crippen molar-refractivity contribution in [2.45, 2.75) is 57.4 Å². The lowest BCUT2D eigenvalue weighted by atomic mass is 9.81. The zero-order valence-electron chi connectivity index (χ0n) is 9.44. The Hall–Kier alpha value is -0.440. The van der Waals surface area contributed by atoms with E-state index in [0.717, 1.165) is 18.4 Å². The Morgan fingerprint density at radius 1 is 1.47 bits per heavy atom. The SMILES string of the molecule is C=C(C)CCC(N)C1CCC(F)(F)CC1. The second kappa shape index (κ2) is 5.06. The minimum atomic E-state index is -2.44. The van der Waals surface area contributed by atoms with E-state index < -0.39 is 5.92 Å². The van der Waals surface area contributed by atoms with Crippen molar-refractivity contribution in [2.75, 3.05) is 0 Å². The minimum absolute atomic E-state index is 0.0123. The highest BCUT2D eigenvalue weighted by Crippen LogP contribution is 2.37. The van der Waals surface area contributed by atoms with Crippen molar-refractivity contribution in [3.05, 3.63) is 12.2 Å². The van der Waals surface area contributed by atoms with Gasteiger partial charge in [-0.15, -0.1) is 6.58 Å². The Bertz CT molecular complexity index is 216. The van der Waals surface area contributed by atoms with Gasteiger partial charge in [-0.05, 0) is 38.5 Å². The van der Waals surface area contributed by atoms with Gasteiger partial charge in [-0.25, -0.2) is 8.78 Å². The van der Waals surface area contributed by atoms with Crippen molar-refractivity contribution in [3.63, 3.8) is 0 Å². The number of alkyl halides is 2. The number of rotatable bonds is 4. The van der Waals surface area contributed by atoms with Gasteiger partial charge in [0.25, 0.3) is 0 Å². The van der Waals surface area contributed by atoms with Crippen LogP contribution in [0.1, 0.15) is 45.4 Å². The first-order valence-electron chi connectivity index (χ1n) is 5.68. The number of nitrogens with two attached hydrogens (primary N) is 1. The monoisotopic (exact) mass is 217 g/mol. The first kappa shape index (κ1) is 12.6. The summed E-state index contributed by atoms with van der Waals surface area (Å²) in [7, 11) is 0. The highest BCUT2D eigenvalue weighted by atomic mass is 19.3. The van der Waals surface area contributed by atoms with Crippen molar-refractivity contribution in [2.24, 2.45) is 11.7 Å². The smallest absolute Gasteiger partial charge is 0.248 e. The Morgan fingerprint density at radius 3 is 2.47 bits per heavy atom. The van der Waals surface area contributed by atoms with Gasteiger partial charge >= 0.3 is 0 Å². The average molecular weight is 217 g/mol. The maximum atomic E-state index is 12.9. The summed E-state index contributed by atoms with van der Waals surface area (Å²) in [5.74, 6) is -2.16. The van der Waals surface area contributed by atoms with E-state index in [2.05, 4.69) is 6.58 Å². The summed E-state index contributed by atoms with van der Waals surface area (Å²) in [6.07, 6.45) is 2.96. The van der Waals surface area contributed by atoms with Crippen molar-refractivity contribution >= 4 is 0 Å². The fourth-order valence-corrected chi connectivity index (χ4v) is 2.14. The normalized spacial score (nSPS) is 23.7. The Balaban J connectivity index is 2.30. The van der Waals surface area contributed by atoms with Crippen LogP contribution in [0.15, 0.2) is 12.2 Å². The van der Waals surface area contributed by atoms with E-state index >= 15 is 0 Å². The van der Waals surface area contributed by atoms with E-state index in [9.17, 15) is 8.78 Å². The van der Waals surface area contributed by atoms with Crippen LogP contribution in [0, 0.1) is 5.92 Å². The molecule has 0 aromatic carbocycles. The number of allylic oxidation sites excluding steroid dienone is 1. The van der Waals surface area contributed by atoms with Crippen LogP contribution in [-0.2, 0) is 0 Å². The minimum Gasteiger partial charge on any atom is -0.327 e. The first-order chi connectivity index (χ1) is 6.91. The molecule has 1 atom stereocenters. The molecule has 0 aliphatic heterocycles. The first-order valence-corrected chi connectivity index (χ1v) is 5.68. The molecule has 0 aromatic heterocycles. The third-order valence-corrected chi connectivity index (χ3v) is 3.27. The lowest BCUT2D eigenvalue weighted by Crippen LogP contribution is -2.36. The van der Waals surface area contributed by atoms with Crippen molar-refractivity contribution < 1.29 is 8.78 Å². The Morgan fingerprint density at radius 2 is 2.00 bits per heavy atom. The van der Waals surface area contributed by atoms with E-state index in [4.69, 9.17) is 5.73 Å². The van der Waals surface area contributed by atoms with E-state index in [0.29, 0.717) is 12.8 Å². The lowest BCUT2D eigenvalue weighted by molar-refractivity contribution is -0.0484. The number of halogens is 2. The van der Waals surface area contributed by atoms with E-state index in [1.165, 1.54) is 0 Å². The summed E-state index contributed by atoms with van der Waals surface area (Å²) >= 11 is 0. The summed E-state index contributed by atoms with van der Waals surface area (Å²) in [5.41, 5.74) is 7.12. The van der Waals surface area contributed by atoms with Gasteiger partial charge in [0.15, 0.2) is 0 Å². The quantitative estimate of drug-likeness (QED) is 0.717. The predicted octanol–water partition coefficient (Wildman–Crippen LogP) is 3.50. The van der Waals surface area contributed by atoms with Crippen LogP contribution in [-0.4, -0.2) is 12.0 Å². The molecule has 0 saturated heterocycles. The lowest BCUT2D eigenvalue weighted by Gasteiger charge is -2.32. The van der Waals surface area contributed by atoms with Gasteiger partial charge in [0.1, 0.15) is 0 Å². The summed E-state index contributed by atoms with van der Waals surface area (Å²) in [6, 6.07) is 0.0674. The molecule has 0 amide bonds. The molecule has 1 rings (SSSR count). The molecule has 0 bridgehead atoms. The molecule has 3 heteroatoms. The predicted molar refractivity (Wildman–Crippen MR) is 58.9 cm³/mol. The molecule has 2 N–H and O–H groups in total. The summed E-state index contributed by atoms with van der Waals surface area (Å²) < 4.78 is 25.8. The van der Waals surface area contributed by atoms with E-state index in [-0.39, 0.29) is 24.8 Å². The van der Waals surface area contributed by atoms with Gasteiger partial charge < -0.3 is 5.73 Å². The summed E-state index contributed by atoms with van der Waals surface area (Å²) in [6.45, 7) is 5.79. The Kier molecular flexibility index (Phi) is 4.26. The van der Waals surface area contributed by atoms with Crippen LogP contribution >= 0.6 is 0 Å². The van der Waals surface area contributed by atoms with Crippen LogP contribution in [0.25, 0.3) is 0 Å². The van der Waals surface area contributed by atoms with Crippen molar-refractivity contribution in [1.29, 1.82) is 0 Å². The molecule has 1 fully saturated rings. The molecule has 0 spiro atoms. The molecule has 15 heavy (non-hydrogen) atoms. The molecule has 1 aliphatic rings. The molecule has 1 unspecified atom stereocenters. The van der Waals surface area contributed by atoms with Gasteiger partial charge in [-0.2, -0.15) is 0 Å². The maximum absolute atomic E-state index is 12.9. The highest BCUT2D eigenvalue weighted by molar-refractivity contribution is 4.91. The summed E-state index contributed by atoms with van der Waals surface area (Å²) in [5, 5.41) is 0. The molecule has 1 aliphatic carbocycles. The topological polar surface area (TPSA) is 26.0 Å². The number of hydrogen-bond acceptors (Lipinski definition) is 1. The third kappa shape index (κ3) is 4.29. The van der Waals surface area contributed by atoms with Crippen molar-refractivity contribution in [1.82, 2.24) is 0 Å². The molecule has 0 aromatic rings. The van der Waals surface area contributed by atoms with Crippen LogP contribution in [0.4, 0.5) is 8.78 Å². The molecule has 88 valence electrons. The zero-order chi connectivity index (χ0) is 11.5. The zero-order valence-corrected chi connectivity index (χ0v) is 9.44. The summed E-state index contributed by atoms with van der Waals surface area (Å²) in [4.78, 5) is 0. The van der Waals surface area contributed by atoms with Gasteiger partial charge in [-0.3, -0.25) is 0 Å². The Labute approximate surface area is 90.7 Å². The third-order valence-electron chi connectivity index (χ3n) is 3.27. The second-order valence-corrected chi connectivity index (χ2v) is 4.85. The van der Waals surface area contributed by atoms with Crippen LogP contribution in [0.5, 0.6) is 0 Å². The molecule has 0 radical (unpaired) electrons. The fourth-order valence-electron chi connectivity index (χ4n) is 2.14. The molecular weight excluding hydrogens is 196 g/mol. The van der Waals surface area contributed by atoms with Gasteiger partial charge in [0.05, 0.1) is 0 Å². The maximum Gasteiger partial charge on any atom is 0.248 e. The molecule has 1 saturated carbocycles. The van der Waals surface area contributed by atoms with Crippen LogP contribution in [0.3, 0.4) is 0 Å². The van der Waals surface area contributed by atoms with Crippen LogP contribution < -0.4 is 5.73 Å². The average Bonchev–Trinajstić information content (AvgIpc) is 2.14. The molecule has 1 nitrogen and oxygen atoms in total. The van der Waals surface area contributed by atoms with E-state index in [1.54, 1.807) is 0 Å². The molecule has 0 heterocycles. The van der Waals surface area contributed by atoms with Crippen molar-refractivity contribution in [3.8, 4) is 0 Å². The second-order valence-electron chi connectivity index (χ2n) is 4.85. The van der Waals surface area contributed by atoms with Gasteiger partial charge in [0, 0.05) is 18.9 Å². The standard InChI is InChI=1S/C12H21F2N/c1-9(2)3-4-11(15)10-5-7-12(13,14)8-6-10/h10-11H,1,3-8,15H2,2H3. The fraction of sp³-hybridized carbons (Fsp3) is 0.833. The largest absolute Gasteiger partial charge is 0.327 e. The highest BCUT2D eigenvalue weighted by Gasteiger charge is 2.36. The van der Waals surface area contributed by atoms with E-state index in [1.807, 2.05) is 6.92 Å². The van der Waals surface area contributed by atoms with Gasteiger partial charge in [0.2, 0.25) is 5.92 Å².